The monoisotopic (exact) mass is 494 g/mol. The second-order valence-corrected chi connectivity index (χ2v) is 9.18. The van der Waals surface area contributed by atoms with E-state index in [1.165, 1.54) is 0 Å². The van der Waals surface area contributed by atoms with Gasteiger partial charge in [-0.1, -0.05) is 54.6 Å². The average Bonchev–Trinajstić information content (AvgIpc) is 2.98. The number of hydrogen-bond donors (Lipinski definition) is 2. The Labute approximate surface area is 219 Å². The standard InChI is InChI=1S/C32H22N4O2/c37-31(35-27-16-5-1-12-23(27)33-24-13-2-6-17-28(24)35)21-10-9-11-22(20-21)32(38)36-29-18-7-3-14-25(29)34-26-15-4-8-19-30(26)36/h1-20,33-34H. The van der Waals surface area contributed by atoms with Crippen molar-refractivity contribution in [2.75, 3.05) is 20.4 Å². The van der Waals surface area contributed by atoms with Crippen molar-refractivity contribution in [3.63, 3.8) is 0 Å². The summed E-state index contributed by atoms with van der Waals surface area (Å²) in [6.45, 7) is 0. The minimum absolute atomic E-state index is 0.206. The molecule has 2 N–H and O–H groups in total. The van der Waals surface area contributed by atoms with Crippen LogP contribution in [0.2, 0.25) is 0 Å². The zero-order valence-corrected chi connectivity index (χ0v) is 20.3. The Hall–Kier alpha value is -5.36. The third-order valence-corrected chi connectivity index (χ3v) is 6.88. The molecule has 0 radical (unpaired) electrons. The summed E-state index contributed by atoms with van der Waals surface area (Å²) in [5.41, 5.74) is 7.30. The van der Waals surface area contributed by atoms with E-state index in [-0.39, 0.29) is 11.8 Å². The van der Waals surface area contributed by atoms with Gasteiger partial charge in [-0.25, -0.2) is 0 Å². The summed E-state index contributed by atoms with van der Waals surface area (Å²) in [7, 11) is 0. The summed E-state index contributed by atoms with van der Waals surface area (Å²) in [5, 5.41) is 6.82. The van der Waals surface area contributed by atoms with Crippen LogP contribution >= 0.6 is 0 Å². The van der Waals surface area contributed by atoms with E-state index < -0.39 is 0 Å². The molecule has 7 rings (SSSR count). The molecule has 5 aromatic carbocycles. The molecule has 0 aliphatic carbocycles. The Balaban J connectivity index is 1.30. The summed E-state index contributed by atoms with van der Waals surface area (Å²) in [4.78, 5) is 31.5. The van der Waals surface area contributed by atoms with Crippen molar-refractivity contribution >= 4 is 57.3 Å². The second-order valence-electron chi connectivity index (χ2n) is 9.18. The first kappa shape index (κ1) is 21.9. The Kier molecular flexibility index (Phi) is 4.97. The molecule has 2 aliphatic heterocycles. The van der Waals surface area contributed by atoms with Crippen LogP contribution in [0.5, 0.6) is 0 Å². The smallest absolute Gasteiger partial charge is 0.262 e. The zero-order chi connectivity index (χ0) is 25.6. The summed E-state index contributed by atoms with van der Waals surface area (Å²) in [6, 6.07) is 37.8. The molecular formula is C32H22N4O2. The number of hydrogen-bond acceptors (Lipinski definition) is 4. The maximum absolute atomic E-state index is 14.0. The van der Waals surface area contributed by atoms with Crippen LogP contribution in [0.25, 0.3) is 0 Å². The Morgan fingerprint density at radius 1 is 0.421 bits per heavy atom. The van der Waals surface area contributed by atoms with Gasteiger partial charge in [0.05, 0.1) is 45.5 Å². The van der Waals surface area contributed by atoms with Crippen LogP contribution in [0, 0.1) is 0 Å². The van der Waals surface area contributed by atoms with E-state index in [4.69, 9.17) is 0 Å². The van der Waals surface area contributed by atoms with Crippen LogP contribution in [0.15, 0.2) is 121 Å². The van der Waals surface area contributed by atoms with Crippen LogP contribution in [-0.4, -0.2) is 11.8 Å². The van der Waals surface area contributed by atoms with Crippen molar-refractivity contribution in [3.05, 3.63) is 132 Å². The number of benzene rings is 5. The topological polar surface area (TPSA) is 64.7 Å². The van der Waals surface area contributed by atoms with Crippen molar-refractivity contribution in [1.82, 2.24) is 0 Å². The molecule has 0 aromatic heterocycles. The van der Waals surface area contributed by atoms with Crippen molar-refractivity contribution in [1.29, 1.82) is 0 Å². The van der Waals surface area contributed by atoms with Crippen LogP contribution in [-0.2, 0) is 0 Å². The summed E-state index contributed by atoms with van der Waals surface area (Å²) in [5.74, 6) is -0.413. The third-order valence-electron chi connectivity index (χ3n) is 6.88. The number of anilines is 8. The lowest BCUT2D eigenvalue weighted by Crippen LogP contribution is -2.31. The predicted octanol–water partition coefficient (Wildman–Crippen LogP) is 7.76. The summed E-state index contributed by atoms with van der Waals surface area (Å²) >= 11 is 0. The van der Waals surface area contributed by atoms with Gasteiger partial charge in [0.1, 0.15) is 0 Å². The van der Waals surface area contributed by atoms with E-state index in [1.807, 2.05) is 97.1 Å². The molecule has 38 heavy (non-hydrogen) atoms. The second kappa shape index (κ2) is 8.64. The van der Waals surface area contributed by atoms with Crippen LogP contribution < -0.4 is 20.4 Å². The molecule has 0 saturated carbocycles. The van der Waals surface area contributed by atoms with Crippen LogP contribution in [0.1, 0.15) is 20.7 Å². The highest BCUT2D eigenvalue weighted by Crippen LogP contribution is 2.45. The lowest BCUT2D eigenvalue weighted by Gasteiger charge is -2.33. The number of carbonyl (C=O) groups excluding carboxylic acids is 2. The van der Waals surface area contributed by atoms with E-state index in [1.54, 1.807) is 34.1 Å². The number of nitrogens with zero attached hydrogens (tertiary/aromatic N) is 2. The van der Waals surface area contributed by atoms with Crippen molar-refractivity contribution in [2.24, 2.45) is 0 Å². The van der Waals surface area contributed by atoms with E-state index in [0.717, 1.165) is 45.5 Å². The number of para-hydroxylation sites is 8. The van der Waals surface area contributed by atoms with Crippen LogP contribution in [0.3, 0.4) is 0 Å². The van der Waals surface area contributed by atoms with E-state index >= 15 is 0 Å². The number of nitrogens with one attached hydrogen (secondary N) is 2. The molecule has 0 unspecified atom stereocenters. The largest absolute Gasteiger partial charge is 0.352 e. The molecule has 0 bridgehead atoms. The minimum atomic E-state index is -0.206. The molecule has 6 nitrogen and oxygen atoms in total. The highest BCUT2D eigenvalue weighted by atomic mass is 16.2. The summed E-state index contributed by atoms with van der Waals surface area (Å²) in [6.07, 6.45) is 0. The molecule has 2 aliphatic rings. The van der Waals surface area contributed by atoms with Gasteiger partial charge >= 0.3 is 0 Å². The maximum atomic E-state index is 14.0. The molecule has 6 heteroatoms. The van der Waals surface area contributed by atoms with Gasteiger partial charge in [-0.2, -0.15) is 0 Å². The van der Waals surface area contributed by atoms with Crippen molar-refractivity contribution in [3.8, 4) is 0 Å². The lowest BCUT2D eigenvalue weighted by molar-refractivity contribution is 0.0998. The molecule has 0 fully saturated rings. The van der Waals surface area contributed by atoms with Crippen molar-refractivity contribution < 1.29 is 9.59 Å². The quantitative estimate of drug-likeness (QED) is 0.263. The van der Waals surface area contributed by atoms with Gasteiger partial charge < -0.3 is 10.6 Å². The molecule has 5 aromatic rings. The van der Waals surface area contributed by atoms with Crippen molar-refractivity contribution in [2.45, 2.75) is 0 Å². The molecule has 0 spiro atoms. The first-order chi connectivity index (χ1) is 18.7. The lowest BCUT2D eigenvalue weighted by atomic mass is 10.0. The van der Waals surface area contributed by atoms with Gasteiger partial charge in [0, 0.05) is 11.1 Å². The molecule has 2 heterocycles. The normalized spacial score (nSPS) is 12.7. The number of fused-ring (bicyclic) bond motifs is 4. The summed E-state index contributed by atoms with van der Waals surface area (Å²) < 4.78 is 0. The predicted molar refractivity (Wildman–Crippen MR) is 152 cm³/mol. The Bertz CT molecular complexity index is 1530. The number of rotatable bonds is 2. The molecule has 182 valence electrons. The average molecular weight is 495 g/mol. The van der Waals surface area contributed by atoms with Gasteiger partial charge in [0.25, 0.3) is 11.8 Å². The Morgan fingerprint density at radius 2 is 0.737 bits per heavy atom. The fourth-order valence-electron chi connectivity index (χ4n) is 5.13. The Morgan fingerprint density at radius 3 is 1.08 bits per heavy atom. The van der Waals surface area contributed by atoms with Gasteiger partial charge in [-0.3, -0.25) is 19.4 Å². The van der Waals surface area contributed by atoms with E-state index in [9.17, 15) is 9.59 Å². The minimum Gasteiger partial charge on any atom is -0.352 e. The zero-order valence-electron chi connectivity index (χ0n) is 20.3. The molecular weight excluding hydrogens is 472 g/mol. The van der Waals surface area contributed by atoms with Gasteiger partial charge in [-0.05, 0) is 66.7 Å². The van der Waals surface area contributed by atoms with Gasteiger partial charge in [0.15, 0.2) is 0 Å². The SMILES string of the molecule is O=C(c1cccc(C(=O)N2c3ccccc3Nc3ccccc32)c1)N1c2ccccc2Nc2ccccc21. The fourth-order valence-corrected chi connectivity index (χ4v) is 5.13. The highest BCUT2D eigenvalue weighted by molar-refractivity contribution is 6.19. The fraction of sp³-hybridized carbons (Fsp3) is 0. The highest BCUT2D eigenvalue weighted by Gasteiger charge is 2.31. The van der Waals surface area contributed by atoms with Gasteiger partial charge in [-0.15, -0.1) is 0 Å². The van der Waals surface area contributed by atoms with E-state index in [0.29, 0.717) is 11.1 Å². The molecule has 2 amide bonds. The first-order valence-electron chi connectivity index (χ1n) is 12.4. The van der Waals surface area contributed by atoms with E-state index in [2.05, 4.69) is 10.6 Å². The number of carbonyl (C=O) groups is 2. The first-order valence-corrected chi connectivity index (χ1v) is 12.4. The third kappa shape index (κ3) is 3.43. The van der Waals surface area contributed by atoms with Gasteiger partial charge in [0.2, 0.25) is 0 Å². The van der Waals surface area contributed by atoms with Crippen LogP contribution in [0.4, 0.5) is 45.5 Å². The molecule has 0 atom stereocenters. The number of amides is 2. The maximum Gasteiger partial charge on any atom is 0.262 e. The molecule has 0 saturated heterocycles.